The Kier molecular flexibility index (Phi) is 4.80. The van der Waals surface area contributed by atoms with Gasteiger partial charge in [-0.3, -0.25) is 14.5 Å². The highest BCUT2D eigenvalue weighted by atomic mass is 19.4. The van der Waals surface area contributed by atoms with Gasteiger partial charge in [-0.15, -0.1) is 0 Å². The second-order valence-corrected chi connectivity index (χ2v) is 4.86. The first-order valence-corrected chi connectivity index (χ1v) is 5.98. The van der Waals surface area contributed by atoms with E-state index in [2.05, 4.69) is 0 Å². The van der Waals surface area contributed by atoms with Crippen molar-refractivity contribution in [1.82, 2.24) is 4.90 Å². The van der Waals surface area contributed by atoms with Gasteiger partial charge in [0.05, 0.1) is 12.6 Å². The number of ether oxygens (including phenoxy) is 1. The van der Waals surface area contributed by atoms with Crippen LogP contribution in [0.1, 0.15) is 26.7 Å². The number of amides is 1. The Bertz CT molecular complexity index is 417. The normalized spacial score (nSPS) is 22.4. The fraction of sp³-hybridized carbons (Fsp3) is 0.667. The van der Waals surface area contributed by atoms with Crippen molar-refractivity contribution < 1.29 is 32.6 Å². The molecule has 1 fully saturated rings. The Hall–Kier alpha value is -1.57. The molecule has 8 heteroatoms. The minimum atomic E-state index is -4.97. The summed E-state index contributed by atoms with van der Waals surface area (Å²) in [7, 11) is 0. The number of carbonyl (C=O) groups is 2. The number of allylic oxidation sites excluding steroid dienone is 1. The smallest absolute Gasteiger partial charge is 0.471 e. The van der Waals surface area contributed by atoms with Crippen molar-refractivity contribution in [2.45, 2.75) is 44.6 Å². The molecule has 1 amide bonds. The van der Waals surface area contributed by atoms with Crippen LogP contribution < -0.4 is 0 Å². The highest BCUT2D eigenvalue weighted by molar-refractivity contribution is 5.83. The second-order valence-electron chi connectivity index (χ2n) is 4.86. The van der Waals surface area contributed by atoms with Gasteiger partial charge < -0.3 is 9.84 Å². The molecule has 20 heavy (non-hydrogen) atoms. The van der Waals surface area contributed by atoms with E-state index >= 15 is 0 Å². The number of halogens is 3. The second kappa shape index (κ2) is 5.82. The van der Waals surface area contributed by atoms with Crippen LogP contribution in [-0.4, -0.2) is 46.4 Å². The average molecular weight is 295 g/mol. The van der Waals surface area contributed by atoms with Gasteiger partial charge in [0.15, 0.2) is 0 Å². The summed E-state index contributed by atoms with van der Waals surface area (Å²) in [4.78, 5) is 22.4. The molecule has 1 N–H and O–H groups in total. The number of aliphatic carboxylic acids is 1. The molecule has 1 heterocycles. The topological polar surface area (TPSA) is 66.8 Å². The van der Waals surface area contributed by atoms with Gasteiger partial charge in [-0.05, 0) is 20.3 Å². The van der Waals surface area contributed by atoms with Crippen LogP contribution in [0.3, 0.4) is 0 Å². The van der Waals surface area contributed by atoms with Gasteiger partial charge >= 0.3 is 18.1 Å². The van der Waals surface area contributed by atoms with E-state index in [0.717, 1.165) is 0 Å². The molecule has 1 saturated heterocycles. The predicted octanol–water partition coefficient (Wildman–Crippen LogP) is 1.93. The molecule has 0 radical (unpaired) electrons. The van der Waals surface area contributed by atoms with Crippen molar-refractivity contribution in [2.24, 2.45) is 0 Å². The highest BCUT2D eigenvalue weighted by Gasteiger charge is 2.52. The summed E-state index contributed by atoms with van der Waals surface area (Å²) >= 11 is 0. The number of hydrogen-bond donors (Lipinski definition) is 1. The first kappa shape index (κ1) is 16.5. The van der Waals surface area contributed by atoms with E-state index in [1.165, 1.54) is 26.0 Å². The summed E-state index contributed by atoms with van der Waals surface area (Å²) in [6, 6.07) is -0.854. The van der Waals surface area contributed by atoms with Crippen LogP contribution >= 0.6 is 0 Å². The SMILES string of the molecule is CC1(C)OCC(/C=C/CCC(=O)O)N1C(=O)C(F)(F)F. The molecule has 0 spiro atoms. The lowest BCUT2D eigenvalue weighted by atomic mass is 10.1. The van der Waals surface area contributed by atoms with E-state index in [4.69, 9.17) is 9.84 Å². The zero-order chi connectivity index (χ0) is 15.6. The van der Waals surface area contributed by atoms with Crippen molar-refractivity contribution in [3.8, 4) is 0 Å². The molecule has 1 unspecified atom stereocenters. The molecule has 5 nitrogen and oxygen atoms in total. The Morgan fingerprint density at radius 3 is 2.55 bits per heavy atom. The molecule has 0 aromatic carbocycles. The molecule has 1 rings (SSSR count). The van der Waals surface area contributed by atoms with Crippen molar-refractivity contribution in [1.29, 1.82) is 0 Å². The van der Waals surface area contributed by atoms with Crippen LogP contribution in [0.2, 0.25) is 0 Å². The first-order valence-electron chi connectivity index (χ1n) is 5.98. The molecule has 0 saturated carbocycles. The highest BCUT2D eigenvalue weighted by Crippen LogP contribution is 2.32. The van der Waals surface area contributed by atoms with Crippen molar-refractivity contribution in [3.05, 3.63) is 12.2 Å². The minimum absolute atomic E-state index is 0.0572. The third-order valence-electron chi connectivity index (χ3n) is 2.86. The Morgan fingerprint density at radius 1 is 1.45 bits per heavy atom. The summed E-state index contributed by atoms with van der Waals surface area (Å²) in [5.41, 5.74) is -1.35. The monoisotopic (exact) mass is 295 g/mol. The number of carboxylic acids is 1. The lowest BCUT2D eigenvalue weighted by Gasteiger charge is -2.33. The van der Waals surface area contributed by atoms with Crippen molar-refractivity contribution >= 4 is 11.9 Å². The third kappa shape index (κ3) is 3.96. The lowest BCUT2D eigenvalue weighted by Crippen LogP contribution is -2.52. The number of alkyl halides is 3. The summed E-state index contributed by atoms with van der Waals surface area (Å²) in [6.45, 7) is 2.70. The Labute approximate surface area is 114 Å². The quantitative estimate of drug-likeness (QED) is 0.805. The van der Waals surface area contributed by atoms with E-state index < -0.39 is 29.8 Å². The van der Waals surface area contributed by atoms with Gasteiger partial charge in [0.25, 0.3) is 0 Å². The zero-order valence-electron chi connectivity index (χ0n) is 11.1. The minimum Gasteiger partial charge on any atom is -0.481 e. The molecule has 0 aromatic rings. The lowest BCUT2D eigenvalue weighted by molar-refractivity contribution is -0.197. The molecule has 0 aliphatic carbocycles. The largest absolute Gasteiger partial charge is 0.481 e. The van der Waals surface area contributed by atoms with E-state index in [1.54, 1.807) is 0 Å². The Morgan fingerprint density at radius 2 is 2.05 bits per heavy atom. The van der Waals surface area contributed by atoms with Gasteiger partial charge in [-0.1, -0.05) is 12.2 Å². The maximum absolute atomic E-state index is 12.6. The fourth-order valence-electron chi connectivity index (χ4n) is 1.97. The van der Waals surface area contributed by atoms with Gasteiger partial charge in [0.2, 0.25) is 0 Å². The fourth-order valence-corrected chi connectivity index (χ4v) is 1.97. The van der Waals surface area contributed by atoms with Crippen LogP contribution in [0.25, 0.3) is 0 Å². The van der Waals surface area contributed by atoms with Gasteiger partial charge in [-0.2, -0.15) is 13.2 Å². The molecule has 114 valence electrons. The van der Waals surface area contributed by atoms with Crippen LogP contribution in [0, 0.1) is 0 Å². The Balaban J connectivity index is 2.80. The van der Waals surface area contributed by atoms with Crippen LogP contribution in [-0.2, 0) is 14.3 Å². The van der Waals surface area contributed by atoms with Crippen LogP contribution in [0.15, 0.2) is 12.2 Å². The number of carboxylic acid groups (broad SMARTS) is 1. The molecule has 0 aromatic heterocycles. The zero-order valence-corrected chi connectivity index (χ0v) is 11.1. The van der Waals surface area contributed by atoms with Crippen molar-refractivity contribution in [3.63, 3.8) is 0 Å². The first-order chi connectivity index (χ1) is 9.05. The maximum atomic E-state index is 12.6. The van der Waals surface area contributed by atoms with Crippen molar-refractivity contribution in [2.75, 3.05) is 6.61 Å². The predicted molar refractivity (Wildman–Crippen MR) is 62.7 cm³/mol. The van der Waals surface area contributed by atoms with Crippen LogP contribution in [0.4, 0.5) is 13.2 Å². The summed E-state index contributed by atoms with van der Waals surface area (Å²) < 4.78 is 42.9. The summed E-state index contributed by atoms with van der Waals surface area (Å²) in [5.74, 6) is -2.96. The van der Waals surface area contributed by atoms with Gasteiger partial charge in [0, 0.05) is 6.42 Å². The average Bonchev–Trinajstić information content (AvgIpc) is 2.57. The molecular weight excluding hydrogens is 279 g/mol. The molecule has 0 bridgehead atoms. The molecule has 1 atom stereocenters. The van der Waals surface area contributed by atoms with Gasteiger partial charge in [-0.25, -0.2) is 0 Å². The number of rotatable bonds is 4. The van der Waals surface area contributed by atoms with E-state index in [0.29, 0.717) is 4.90 Å². The molecule has 1 aliphatic heterocycles. The summed E-state index contributed by atoms with van der Waals surface area (Å²) in [5, 5.41) is 8.46. The van der Waals surface area contributed by atoms with Crippen LogP contribution in [0.5, 0.6) is 0 Å². The number of nitrogens with zero attached hydrogens (tertiary/aromatic N) is 1. The van der Waals surface area contributed by atoms with Gasteiger partial charge in [0.1, 0.15) is 5.72 Å². The standard InChI is InChI=1S/C12H16F3NO4/c1-11(2)16(10(19)12(13,14)15)8(7-20-11)5-3-4-6-9(17)18/h3,5,8H,4,6-7H2,1-2H3,(H,17,18)/b5-3+. The van der Waals surface area contributed by atoms with E-state index in [1.807, 2.05) is 0 Å². The molecule has 1 aliphatic rings. The third-order valence-corrected chi connectivity index (χ3v) is 2.86. The number of carbonyl (C=O) groups excluding carboxylic acids is 1. The van der Waals surface area contributed by atoms with E-state index in [9.17, 15) is 22.8 Å². The summed E-state index contributed by atoms with van der Waals surface area (Å²) in [6.07, 6.45) is -2.10. The maximum Gasteiger partial charge on any atom is 0.471 e. The molecular formula is C12H16F3NO4. The number of hydrogen-bond acceptors (Lipinski definition) is 3. The van der Waals surface area contributed by atoms with E-state index in [-0.39, 0.29) is 19.4 Å².